The molecule has 0 saturated carbocycles. The van der Waals surface area contributed by atoms with E-state index in [1.807, 2.05) is 0 Å². The van der Waals surface area contributed by atoms with E-state index in [-0.39, 0.29) is 0 Å². The Hall–Kier alpha value is -0.190. The molecule has 3 heterocycles. The molecule has 3 rings (SSSR count). The monoisotopic (exact) mass is 241 g/mol. The van der Waals surface area contributed by atoms with Crippen LogP contribution in [0.25, 0.3) is 0 Å². The number of rotatable bonds is 2. The van der Waals surface area contributed by atoms with Crippen molar-refractivity contribution in [1.82, 2.24) is 15.5 Å². The van der Waals surface area contributed by atoms with Crippen molar-refractivity contribution in [2.45, 2.75) is 31.4 Å². The predicted molar refractivity (Wildman–Crippen MR) is 66.9 cm³/mol. The molecule has 0 amide bonds. The lowest BCUT2D eigenvalue weighted by atomic mass is 9.73. The second-order valence-corrected chi connectivity index (χ2v) is 6.28. The van der Waals surface area contributed by atoms with Gasteiger partial charge in [0, 0.05) is 19.6 Å². The summed E-state index contributed by atoms with van der Waals surface area (Å²) in [5, 5.41) is 6.62. The fourth-order valence-electron chi connectivity index (χ4n) is 3.45. The van der Waals surface area contributed by atoms with Crippen molar-refractivity contribution < 1.29 is 4.39 Å². The lowest BCUT2D eigenvalue weighted by molar-refractivity contribution is 0.00900. The molecule has 3 aliphatic heterocycles. The van der Waals surface area contributed by atoms with E-state index in [1.165, 1.54) is 25.9 Å². The third-order valence-electron chi connectivity index (χ3n) is 4.92. The zero-order chi connectivity index (χ0) is 11.8. The van der Waals surface area contributed by atoms with Crippen molar-refractivity contribution in [2.75, 3.05) is 45.8 Å². The molecule has 98 valence electrons. The van der Waals surface area contributed by atoms with Crippen molar-refractivity contribution in [3.63, 3.8) is 0 Å². The molecule has 0 aromatic heterocycles. The van der Waals surface area contributed by atoms with E-state index in [2.05, 4.69) is 15.5 Å². The molecule has 0 atom stereocenters. The highest BCUT2D eigenvalue weighted by molar-refractivity contribution is 4.97. The third-order valence-corrected chi connectivity index (χ3v) is 4.92. The topological polar surface area (TPSA) is 27.3 Å². The van der Waals surface area contributed by atoms with Gasteiger partial charge >= 0.3 is 0 Å². The second kappa shape index (κ2) is 4.48. The number of likely N-dealkylation sites (tertiary alicyclic amines) is 1. The molecule has 0 aromatic rings. The van der Waals surface area contributed by atoms with Crippen LogP contribution in [0.4, 0.5) is 4.39 Å². The van der Waals surface area contributed by atoms with E-state index < -0.39 is 5.67 Å². The normalized spacial score (nSPS) is 32.3. The highest BCUT2D eigenvalue weighted by Crippen LogP contribution is 2.36. The van der Waals surface area contributed by atoms with Gasteiger partial charge in [0.25, 0.3) is 0 Å². The smallest absolute Gasteiger partial charge is 0.126 e. The van der Waals surface area contributed by atoms with Crippen molar-refractivity contribution in [1.29, 1.82) is 0 Å². The summed E-state index contributed by atoms with van der Waals surface area (Å²) >= 11 is 0. The summed E-state index contributed by atoms with van der Waals surface area (Å²) in [6.45, 7) is 6.92. The molecule has 3 nitrogen and oxygen atoms in total. The Morgan fingerprint density at radius 3 is 2.12 bits per heavy atom. The first-order valence-electron chi connectivity index (χ1n) is 7.03. The van der Waals surface area contributed by atoms with Gasteiger partial charge in [-0.25, -0.2) is 4.39 Å². The van der Waals surface area contributed by atoms with Gasteiger partial charge in [0.2, 0.25) is 0 Å². The van der Waals surface area contributed by atoms with Gasteiger partial charge in [-0.15, -0.1) is 0 Å². The van der Waals surface area contributed by atoms with Crippen LogP contribution in [-0.2, 0) is 0 Å². The quantitative estimate of drug-likeness (QED) is 0.747. The molecule has 0 aliphatic carbocycles. The zero-order valence-electron chi connectivity index (χ0n) is 10.6. The Morgan fingerprint density at radius 1 is 0.941 bits per heavy atom. The minimum Gasteiger partial charge on any atom is -0.316 e. The molecular weight excluding hydrogens is 217 g/mol. The number of halogens is 1. The summed E-state index contributed by atoms with van der Waals surface area (Å²) in [7, 11) is 0. The lowest BCUT2D eigenvalue weighted by Crippen LogP contribution is -2.59. The van der Waals surface area contributed by atoms with Gasteiger partial charge in [-0.3, -0.25) is 0 Å². The lowest BCUT2D eigenvalue weighted by Gasteiger charge is -2.49. The fraction of sp³-hybridized carbons (Fsp3) is 1.00. The Morgan fingerprint density at radius 2 is 1.59 bits per heavy atom. The van der Waals surface area contributed by atoms with Gasteiger partial charge in [0.1, 0.15) is 5.67 Å². The van der Waals surface area contributed by atoms with E-state index >= 15 is 0 Å². The summed E-state index contributed by atoms with van der Waals surface area (Å²) in [6.07, 6.45) is 3.90. The van der Waals surface area contributed by atoms with Crippen molar-refractivity contribution in [3.8, 4) is 0 Å². The van der Waals surface area contributed by atoms with Crippen LogP contribution >= 0.6 is 0 Å². The van der Waals surface area contributed by atoms with Crippen LogP contribution in [0.5, 0.6) is 0 Å². The van der Waals surface area contributed by atoms with Crippen molar-refractivity contribution >= 4 is 0 Å². The molecule has 1 spiro atoms. The maximum Gasteiger partial charge on any atom is 0.126 e. The standard InChI is InChI=1S/C13H24FN3/c14-13(1-5-15-6-2-13)11-17-7-3-12(4-8-17)9-16-10-12/h15-16H,1-11H2. The van der Waals surface area contributed by atoms with E-state index in [0.29, 0.717) is 24.8 Å². The molecule has 0 radical (unpaired) electrons. The highest BCUT2D eigenvalue weighted by Gasteiger charge is 2.41. The summed E-state index contributed by atoms with van der Waals surface area (Å²) in [5.74, 6) is 0. The molecule has 17 heavy (non-hydrogen) atoms. The molecule has 3 fully saturated rings. The number of hydrogen-bond acceptors (Lipinski definition) is 3. The SMILES string of the molecule is FC1(CN2CCC3(CC2)CNC3)CCNCC1. The molecule has 4 heteroatoms. The van der Waals surface area contributed by atoms with Crippen LogP contribution in [0.3, 0.4) is 0 Å². The van der Waals surface area contributed by atoms with Crippen LogP contribution in [-0.4, -0.2) is 56.4 Å². The minimum absolute atomic E-state index is 0.577. The molecule has 0 unspecified atom stereocenters. The van der Waals surface area contributed by atoms with Gasteiger partial charge in [-0.1, -0.05) is 0 Å². The van der Waals surface area contributed by atoms with Crippen molar-refractivity contribution in [2.24, 2.45) is 5.41 Å². The number of hydrogen-bond donors (Lipinski definition) is 2. The Kier molecular flexibility index (Phi) is 3.13. The molecule has 3 aliphatic rings. The Labute approximate surface area is 103 Å². The summed E-state index contributed by atoms with van der Waals surface area (Å²) < 4.78 is 14.6. The van der Waals surface area contributed by atoms with Gasteiger partial charge in [-0.05, 0) is 57.3 Å². The van der Waals surface area contributed by atoms with E-state index in [1.54, 1.807) is 0 Å². The van der Waals surface area contributed by atoms with Crippen LogP contribution in [0.1, 0.15) is 25.7 Å². The minimum atomic E-state index is -0.923. The average Bonchev–Trinajstić information content (AvgIpc) is 2.28. The zero-order valence-corrected chi connectivity index (χ0v) is 10.6. The van der Waals surface area contributed by atoms with Gasteiger partial charge in [0.15, 0.2) is 0 Å². The van der Waals surface area contributed by atoms with Gasteiger partial charge < -0.3 is 15.5 Å². The predicted octanol–water partition coefficient (Wildman–Crippen LogP) is 0.763. The molecular formula is C13H24FN3. The van der Waals surface area contributed by atoms with Crippen LogP contribution < -0.4 is 10.6 Å². The van der Waals surface area contributed by atoms with Crippen LogP contribution in [0, 0.1) is 5.41 Å². The molecule has 0 aromatic carbocycles. The first kappa shape index (κ1) is 11.9. The first-order valence-corrected chi connectivity index (χ1v) is 7.03. The highest BCUT2D eigenvalue weighted by atomic mass is 19.1. The summed E-state index contributed by atoms with van der Waals surface area (Å²) in [5.41, 5.74) is -0.346. The number of nitrogens with one attached hydrogen (secondary N) is 2. The summed E-state index contributed by atoms with van der Waals surface area (Å²) in [4.78, 5) is 2.36. The maximum absolute atomic E-state index is 14.6. The third kappa shape index (κ3) is 2.49. The molecule has 0 bridgehead atoms. The first-order chi connectivity index (χ1) is 8.20. The van der Waals surface area contributed by atoms with Crippen LogP contribution in [0.15, 0.2) is 0 Å². The summed E-state index contributed by atoms with van der Waals surface area (Å²) in [6, 6.07) is 0. The van der Waals surface area contributed by atoms with Gasteiger partial charge in [-0.2, -0.15) is 0 Å². The second-order valence-electron chi connectivity index (χ2n) is 6.28. The Bertz CT molecular complexity index is 262. The van der Waals surface area contributed by atoms with E-state index in [4.69, 9.17) is 0 Å². The Balaban J connectivity index is 1.49. The average molecular weight is 241 g/mol. The van der Waals surface area contributed by atoms with E-state index in [9.17, 15) is 4.39 Å². The largest absolute Gasteiger partial charge is 0.316 e. The maximum atomic E-state index is 14.6. The fourth-order valence-corrected chi connectivity index (χ4v) is 3.45. The van der Waals surface area contributed by atoms with E-state index in [0.717, 1.165) is 26.2 Å². The van der Waals surface area contributed by atoms with Gasteiger partial charge in [0.05, 0.1) is 0 Å². The molecule has 3 saturated heterocycles. The van der Waals surface area contributed by atoms with Crippen LogP contribution in [0.2, 0.25) is 0 Å². The van der Waals surface area contributed by atoms with Crippen molar-refractivity contribution in [3.05, 3.63) is 0 Å². The number of nitrogens with zero attached hydrogens (tertiary/aromatic N) is 1. The molecule has 2 N–H and O–H groups in total. The number of alkyl halides is 1. The number of piperidine rings is 2.